The highest BCUT2D eigenvalue weighted by atomic mass is 35.5. The summed E-state index contributed by atoms with van der Waals surface area (Å²) in [6.45, 7) is 2.03. The molecule has 0 saturated carbocycles. The minimum atomic E-state index is -0.168. The Balaban J connectivity index is 1.92. The molecule has 122 valence electrons. The smallest absolute Gasteiger partial charge is 0.258 e. The average molecular weight is 352 g/mol. The molecular weight excluding hydrogens is 333 g/mol. The van der Waals surface area contributed by atoms with Gasteiger partial charge in [0.05, 0.1) is 16.1 Å². The third-order valence-electron chi connectivity index (χ3n) is 3.38. The maximum Gasteiger partial charge on any atom is 0.258 e. The van der Waals surface area contributed by atoms with Gasteiger partial charge in [-0.1, -0.05) is 66.9 Å². The van der Waals surface area contributed by atoms with Gasteiger partial charge in [-0.25, -0.2) is 0 Å². The van der Waals surface area contributed by atoms with Crippen LogP contribution in [-0.4, -0.2) is 12.5 Å². The summed E-state index contributed by atoms with van der Waals surface area (Å²) < 4.78 is 5.46. The van der Waals surface area contributed by atoms with Crippen molar-refractivity contribution in [1.82, 2.24) is 5.32 Å². The first-order valence-corrected chi connectivity index (χ1v) is 8.28. The maximum atomic E-state index is 12.1. The van der Waals surface area contributed by atoms with Crippen LogP contribution in [0.1, 0.15) is 31.4 Å². The average Bonchev–Trinajstić information content (AvgIpc) is 2.56. The van der Waals surface area contributed by atoms with Crippen LogP contribution in [0.5, 0.6) is 5.75 Å². The number of hydrogen-bond donors (Lipinski definition) is 1. The highest BCUT2D eigenvalue weighted by Crippen LogP contribution is 2.26. The molecule has 0 aliphatic carbocycles. The number of nitrogens with one attached hydrogen (secondary N) is 1. The Labute approximate surface area is 146 Å². The van der Waals surface area contributed by atoms with Gasteiger partial charge in [-0.2, -0.15) is 0 Å². The van der Waals surface area contributed by atoms with Crippen molar-refractivity contribution in [3.05, 3.63) is 64.1 Å². The Bertz CT molecular complexity index is 647. The first-order chi connectivity index (χ1) is 11.1. The highest BCUT2D eigenvalue weighted by molar-refractivity contribution is 6.42. The Morgan fingerprint density at radius 3 is 2.52 bits per heavy atom. The zero-order valence-corrected chi connectivity index (χ0v) is 14.4. The summed E-state index contributed by atoms with van der Waals surface area (Å²) >= 11 is 11.8. The van der Waals surface area contributed by atoms with Crippen LogP contribution >= 0.6 is 23.2 Å². The van der Waals surface area contributed by atoms with Gasteiger partial charge in [-0.15, -0.1) is 0 Å². The van der Waals surface area contributed by atoms with Gasteiger partial charge >= 0.3 is 0 Å². The lowest BCUT2D eigenvalue weighted by Crippen LogP contribution is -2.32. The third-order valence-corrected chi connectivity index (χ3v) is 4.11. The number of carbonyl (C=O) groups is 1. The van der Waals surface area contributed by atoms with Gasteiger partial charge < -0.3 is 10.1 Å². The number of amides is 1. The Morgan fingerprint density at radius 1 is 1.13 bits per heavy atom. The summed E-state index contributed by atoms with van der Waals surface area (Å²) in [5, 5.41) is 3.86. The SMILES string of the molecule is CCC[C@@H](NC(=O)COc1ccc(Cl)c(Cl)c1)c1ccccc1. The van der Waals surface area contributed by atoms with Crippen LogP contribution in [-0.2, 0) is 4.79 Å². The van der Waals surface area contributed by atoms with E-state index in [0.29, 0.717) is 15.8 Å². The number of rotatable bonds is 7. The van der Waals surface area contributed by atoms with Crippen molar-refractivity contribution in [3.8, 4) is 5.75 Å². The van der Waals surface area contributed by atoms with E-state index in [9.17, 15) is 4.79 Å². The Kier molecular flexibility index (Phi) is 6.75. The largest absolute Gasteiger partial charge is 0.484 e. The lowest BCUT2D eigenvalue weighted by molar-refractivity contribution is -0.123. The molecule has 1 N–H and O–H groups in total. The molecule has 1 amide bonds. The fraction of sp³-hybridized carbons (Fsp3) is 0.278. The van der Waals surface area contributed by atoms with E-state index in [2.05, 4.69) is 12.2 Å². The molecule has 0 bridgehead atoms. The van der Waals surface area contributed by atoms with Crippen molar-refractivity contribution < 1.29 is 9.53 Å². The molecule has 1 atom stereocenters. The monoisotopic (exact) mass is 351 g/mol. The van der Waals surface area contributed by atoms with Crippen LogP contribution in [0.3, 0.4) is 0 Å². The summed E-state index contributed by atoms with van der Waals surface area (Å²) in [6.07, 6.45) is 1.86. The molecule has 0 aromatic heterocycles. The van der Waals surface area contributed by atoms with Crippen LogP contribution in [0.25, 0.3) is 0 Å². The predicted octanol–water partition coefficient (Wildman–Crippen LogP) is 5.03. The zero-order valence-electron chi connectivity index (χ0n) is 12.9. The van der Waals surface area contributed by atoms with Crippen molar-refractivity contribution in [2.24, 2.45) is 0 Å². The van der Waals surface area contributed by atoms with E-state index in [-0.39, 0.29) is 18.6 Å². The maximum absolute atomic E-state index is 12.1. The van der Waals surface area contributed by atoms with Crippen LogP contribution in [0.15, 0.2) is 48.5 Å². The van der Waals surface area contributed by atoms with Crippen molar-refractivity contribution in [2.75, 3.05) is 6.61 Å². The Hall–Kier alpha value is -1.71. The Morgan fingerprint density at radius 2 is 1.87 bits per heavy atom. The first-order valence-electron chi connectivity index (χ1n) is 7.52. The molecule has 0 aliphatic rings. The van der Waals surface area contributed by atoms with Crippen LogP contribution < -0.4 is 10.1 Å². The second-order valence-electron chi connectivity index (χ2n) is 5.18. The molecule has 0 unspecified atom stereocenters. The zero-order chi connectivity index (χ0) is 16.7. The van der Waals surface area contributed by atoms with E-state index in [0.717, 1.165) is 18.4 Å². The van der Waals surface area contributed by atoms with Crippen molar-refractivity contribution in [1.29, 1.82) is 0 Å². The molecule has 0 saturated heterocycles. The molecule has 5 heteroatoms. The van der Waals surface area contributed by atoms with Crippen molar-refractivity contribution in [3.63, 3.8) is 0 Å². The predicted molar refractivity (Wildman–Crippen MR) is 94.2 cm³/mol. The summed E-state index contributed by atoms with van der Waals surface area (Å²) in [7, 11) is 0. The van der Waals surface area contributed by atoms with E-state index >= 15 is 0 Å². The molecule has 0 fully saturated rings. The summed E-state index contributed by atoms with van der Waals surface area (Å²) in [5.74, 6) is 0.347. The normalized spacial score (nSPS) is 11.8. The van der Waals surface area contributed by atoms with Gasteiger partial charge in [0.2, 0.25) is 0 Å². The third kappa shape index (κ3) is 5.45. The molecule has 2 aromatic rings. The minimum Gasteiger partial charge on any atom is -0.484 e. The molecule has 23 heavy (non-hydrogen) atoms. The molecule has 0 spiro atoms. The molecule has 0 radical (unpaired) electrons. The molecule has 2 aromatic carbocycles. The number of carbonyl (C=O) groups excluding carboxylic acids is 1. The number of hydrogen-bond acceptors (Lipinski definition) is 2. The van der Waals surface area contributed by atoms with Gasteiger partial charge in [-0.05, 0) is 24.1 Å². The summed E-state index contributed by atoms with van der Waals surface area (Å²) in [5.41, 5.74) is 1.09. The number of halogens is 2. The minimum absolute atomic E-state index is 0.00824. The fourth-order valence-corrected chi connectivity index (χ4v) is 2.54. The number of ether oxygens (including phenoxy) is 1. The molecule has 0 heterocycles. The lowest BCUT2D eigenvalue weighted by atomic mass is 10.0. The number of benzene rings is 2. The van der Waals surface area contributed by atoms with E-state index in [1.54, 1.807) is 18.2 Å². The van der Waals surface area contributed by atoms with Crippen LogP contribution in [0.4, 0.5) is 0 Å². The van der Waals surface area contributed by atoms with Crippen molar-refractivity contribution >= 4 is 29.1 Å². The van der Waals surface area contributed by atoms with Gasteiger partial charge in [0, 0.05) is 6.07 Å². The first kappa shape index (κ1) is 17.6. The second-order valence-corrected chi connectivity index (χ2v) is 6.00. The van der Waals surface area contributed by atoms with E-state index in [4.69, 9.17) is 27.9 Å². The van der Waals surface area contributed by atoms with E-state index < -0.39 is 0 Å². The lowest BCUT2D eigenvalue weighted by Gasteiger charge is -2.18. The summed E-state index contributed by atoms with van der Waals surface area (Å²) in [6, 6.07) is 14.8. The quantitative estimate of drug-likeness (QED) is 0.759. The highest BCUT2D eigenvalue weighted by Gasteiger charge is 2.14. The van der Waals surface area contributed by atoms with Crippen LogP contribution in [0, 0.1) is 0 Å². The molecule has 2 rings (SSSR count). The van der Waals surface area contributed by atoms with Gasteiger partial charge in [0.15, 0.2) is 6.61 Å². The molecule has 0 aliphatic heterocycles. The second kappa shape index (κ2) is 8.80. The topological polar surface area (TPSA) is 38.3 Å². The van der Waals surface area contributed by atoms with Gasteiger partial charge in [-0.3, -0.25) is 4.79 Å². The van der Waals surface area contributed by atoms with Gasteiger partial charge in [0.25, 0.3) is 5.91 Å². The standard InChI is InChI=1S/C18H19Cl2NO2/c1-2-6-17(13-7-4-3-5-8-13)21-18(22)12-23-14-9-10-15(19)16(20)11-14/h3-5,7-11,17H,2,6,12H2,1H3,(H,21,22)/t17-/m1/s1. The van der Waals surface area contributed by atoms with E-state index in [1.165, 1.54) is 0 Å². The molecule has 3 nitrogen and oxygen atoms in total. The van der Waals surface area contributed by atoms with Gasteiger partial charge in [0.1, 0.15) is 5.75 Å². The van der Waals surface area contributed by atoms with E-state index in [1.807, 2.05) is 30.3 Å². The fourth-order valence-electron chi connectivity index (χ4n) is 2.25. The van der Waals surface area contributed by atoms with Crippen LogP contribution in [0.2, 0.25) is 10.0 Å². The van der Waals surface area contributed by atoms with Crippen molar-refractivity contribution in [2.45, 2.75) is 25.8 Å². The summed E-state index contributed by atoms with van der Waals surface area (Å²) in [4.78, 5) is 12.1. The molecular formula is C18H19Cl2NO2.